The molecule has 0 unspecified atom stereocenters. The number of benzene rings is 2. The van der Waals surface area contributed by atoms with Gasteiger partial charge < -0.3 is 0 Å². The molecular formula is C17H18S. The topological polar surface area (TPSA) is 0 Å². The first-order valence-corrected chi connectivity index (χ1v) is 7.63. The summed E-state index contributed by atoms with van der Waals surface area (Å²) in [6, 6.07) is 21.9. The predicted molar refractivity (Wildman–Crippen MR) is 79.8 cm³/mol. The van der Waals surface area contributed by atoms with E-state index < -0.39 is 0 Å². The minimum absolute atomic E-state index is 0.671. The third-order valence-electron chi connectivity index (χ3n) is 3.60. The summed E-state index contributed by atoms with van der Waals surface area (Å²) in [4.78, 5) is 0. The number of thioether (sulfide) groups is 1. The zero-order valence-electron chi connectivity index (χ0n) is 10.5. The van der Waals surface area contributed by atoms with Crippen LogP contribution < -0.4 is 0 Å². The van der Waals surface area contributed by atoms with Gasteiger partial charge in [-0.15, -0.1) is 11.8 Å². The van der Waals surface area contributed by atoms with Crippen LogP contribution in [0.15, 0.2) is 60.7 Å². The van der Waals surface area contributed by atoms with Crippen molar-refractivity contribution in [3.8, 4) is 0 Å². The second-order valence-electron chi connectivity index (χ2n) is 4.87. The van der Waals surface area contributed by atoms with Gasteiger partial charge in [0.15, 0.2) is 0 Å². The third-order valence-corrected chi connectivity index (χ3v) is 5.28. The van der Waals surface area contributed by atoms with Crippen LogP contribution in [0.5, 0.6) is 0 Å². The molecule has 0 aromatic heterocycles. The van der Waals surface area contributed by atoms with E-state index in [1.54, 1.807) is 0 Å². The van der Waals surface area contributed by atoms with Crippen LogP contribution in [-0.4, -0.2) is 0 Å². The first-order chi connectivity index (χ1) is 8.93. The summed E-state index contributed by atoms with van der Waals surface area (Å²) in [5.41, 5.74) is 2.98. The van der Waals surface area contributed by atoms with Crippen molar-refractivity contribution in [2.24, 2.45) is 0 Å². The lowest BCUT2D eigenvalue weighted by molar-refractivity contribution is 0.629. The molecule has 0 radical (unpaired) electrons. The van der Waals surface area contributed by atoms with Gasteiger partial charge in [0.05, 0.1) is 0 Å². The Hall–Kier alpha value is -1.21. The van der Waals surface area contributed by atoms with E-state index in [9.17, 15) is 0 Å². The molecule has 0 nitrogen and oxygen atoms in total. The molecule has 18 heavy (non-hydrogen) atoms. The molecule has 2 aromatic carbocycles. The maximum atomic E-state index is 2.27. The molecule has 2 aromatic rings. The van der Waals surface area contributed by atoms with E-state index in [4.69, 9.17) is 0 Å². The Morgan fingerprint density at radius 2 is 1.11 bits per heavy atom. The highest BCUT2D eigenvalue weighted by Crippen LogP contribution is 2.49. The summed E-state index contributed by atoms with van der Waals surface area (Å²) in [6.45, 7) is 0. The molecule has 0 spiro atoms. The molecule has 92 valence electrons. The summed E-state index contributed by atoms with van der Waals surface area (Å²) in [7, 11) is 0. The van der Waals surface area contributed by atoms with Crippen LogP contribution in [0, 0.1) is 0 Å². The van der Waals surface area contributed by atoms with Crippen LogP contribution in [-0.2, 0) is 0 Å². The van der Waals surface area contributed by atoms with Gasteiger partial charge in [-0.05, 0) is 24.0 Å². The molecule has 0 aliphatic carbocycles. The summed E-state index contributed by atoms with van der Waals surface area (Å²) in [5.74, 6) is 0. The summed E-state index contributed by atoms with van der Waals surface area (Å²) in [5, 5.41) is 1.34. The van der Waals surface area contributed by atoms with Crippen molar-refractivity contribution >= 4 is 11.8 Å². The van der Waals surface area contributed by atoms with E-state index in [1.807, 2.05) is 0 Å². The van der Waals surface area contributed by atoms with Gasteiger partial charge in [0.25, 0.3) is 0 Å². The van der Waals surface area contributed by atoms with Crippen LogP contribution >= 0.6 is 11.8 Å². The predicted octanol–water partition coefficient (Wildman–Crippen LogP) is 5.39. The highest BCUT2D eigenvalue weighted by atomic mass is 32.2. The van der Waals surface area contributed by atoms with E-state index in [0.29, 0.717) is 10.5 Å². The number of hydrogen-bond donors (Lipinski definition) is 0. The van der Waals surface area contributed by atoms with Crippen LogP contribution in [0.4, 0.5) is 0 Å². The quantitative estimate of drug-likeness (QED) is 0.692. The van der Waals surface area contributed by atoms with E-state index in [-0.39, 0.29) is 0 Å². The minimum atomic E-state index is 0.671. The van der Waals surface area contributed by atoms with Crippen molar-refractivity contribution in [1.29, 1.82) is 0 Å². The van der Waals surface area contributed by atoms with Crippen molar-refractivity contribution in [3.63, 3.8) is 0 Å². The minimum Gasteiger partial charge on any atom is -0.146 e. The van der Waals surface area contributed by atoms with E-state index in [0.717, 1.165) is 0 Å². The molecule has 2 atom stereocenters. The molecule has 1 heteroatoms. The molecule has 0 saturated carbocycles. The highest BCUT2D eigenvalue weighted by Gasteiger charge is 2.24. The van der Waals surface area contributed by atoms with Gasteiger partial charge in [-0.2, -0.15) is 0 Å². The molecule has 1 fully saturated rings. The average Bonchev–Trinajstić information content (AvgIpc) is 2.49. The normalized spacial score (nSPS) is 23.8. The molecular weight excluding hydrogens is 236 g/mol. The molecule has 1 aliphatic heterocycles. The van der Waals surface area contributed by atoms with Gasteiger partial charge in [-0.3, -0.25) is 0 Å². The molecule has 0 N–H and O–H groups in total. The zero-order chi connectivity index (χ0) is 12.2. The Morgan fingerprint density at radius 3 is 1.56 bits per heavy atom. The Balaban J connectivity index is 1.77. The van der Waals surface area contributed by atoms with Gasteiger partial charge in [0.1, 0.15) is 0 Å². The first-order valence-electron chi connectivity index (χ1n) is 6.69. The molecule has 1 heterocycles. The number of rotatable bonds is 2. The lowest BCUT2D eigenvalue weighted by Crippen LogP contribution is -2.06. The second-order valence-corrected chi connectivity index (χ2v) is 6.28. The van der Waals surface area contributed by atoms with E-state index in [2.05, 4.69) is 72.4 Å². The molecule has 3 rings (SSSR count). The SMILES string of the molecule is c1ccc([C@H]2CCC[C@H](c3ccccc3)S2)cc1. The largest absolute Gasteiger partial charge is 0.146 e. The average molecular weight is 254 g/mol. The zero-order valence-corrected chi connectivity index (χ0v) is 11.3. The lowest BCUT2D eigenvalue weighted by Gasteiger charge is -2.29. The monoisotopic (exact) mass is 254 g/mol. The molecule has 0 bridgehead atoms. The van der Waals surface area contributed by atoms with Crippen molar-refractivity contribution < 1.29 is 0 Å². The Morgan fingerprint density at radius 1 is 0.667 bits per heavy atom. The summed E-state index contributed by atoms with van der Waals surface area (Å²) < 4.78 is 0. The van der Waals surface area contributed by atoms with Crippen LogP contribution in [0.25, 0.3) is 0 Å². The summed E-state index contributed by atoms with van der Waals surface area (Å²) in [6.07, 6.45) is 3.97. The first kappa shape index (κ1) is 11.9. The van der Waals surface area contributed by atoms with Crippen LogP contribution in [0.2, 0.25) is 0 Å². The van der Waals surface area contributed by atoms with Crippen molar-refractivity contribution in [2.75, 3.05) is 0 Å². The third kappa shape index (κ3) is 2.62. The fraction of sp³-hybridized carbons (Fsp3) is 0.294. The second kappa shape index (κ2) is 5.62. The van der Waals surface area contributed by atoms with Crippen molar-refractivity contribution in [3.05, 3.63) is 71.8 Å². The fourth-order valence-electron chi connectivity index (χ4n) is 2.65. The van der Waals surface area contributed by atoms with Crippen LogP contribution in [0.3, 0.4) is 0 Å². The van der Waals surface area contributed by atoms with Crippen LogP contribution in [0.1, 0.15) is 40.9 Å². The lowest BCUT2D eigenvalue weighted by atomic mass is 10.0. The molecule has 1 aliphatic rings. The van der Waals surface area contributed by atoms with Crippen molar-refractivity contribution in [1.82, 2.24) is 0 Å². The number of hydrogen-bond acceptors (Lipinski definition) is 1. The van der Waals surface area contributed by atoms with E-state index >= 15 is 0 Å². The van der Waals surface area contributed by atoms with Gasteiger partial charge in [0, 0.05) is 10.5 Å². The van der Waals surface area contributed by atoms with Gasteiger partial charge in [-0.1, -0.05) is 67.1 Å². The summed E-state index contributed by atoms with van der Waals surface area (Å²) >= 11 is 2.14. The Labute approximate surface area is 113 Å². The van der Waals surface area contributed by atoms with Crippen molar-refractivity contribution in [2.45, 2.75) is 29.8 Å². The van der Waals surface area contributed by atoms with Gasteiger partial charge in [0.2, 0.25) is 0 Å². The maximum absolute atomic E-state index is 2.27. The standard InChI is InChI=1S/C17H18S/c1-3-8-14(9-4-1)16-12-7-13-17(18-16)15-10-5-2-6-11-15/h1-6,8-11,16-17H,7,12-13H2/t16-,17-/m1/s1. The molecule has 1 saturated heterocycles. The van der Waals surface area contributed by atoms with E-state index in [1.165, 1.54) is 30.4 Å². The maximum Gasteiger partial charge on any atom is 0.0303 e. The Bertz CT molecular complexity index is 432. The molecule has 0 amide bonds. The highest BCUT2D eigenvalue weighted by molar-refractivity contribution is 7.99. The van der Waals surface area contributed by atoms with Gasteiger partial charge in [-0.25, -0.2) is 0 Å². The Kier molecular flexibility index (Phi) is 3.70. The smallest absolute Gasteiger partial charge is 0.0303 e. The fourth-order valence-corrected chi connectivity index (χ4v) is 4.28. The van der Waals surface area contributed by atoms with Gasteiger partial charge >= 0.3 is 0 Å².